The summed E-state index contributed by atoms with van der Waals surface area (Å²) in [5, 5.41) is 9.14. The van der Waals surface area contributed by atoms with Gasteiger partial charge >= 0.3 is 0 Å². The molecule has 0 spiro atoms. The minimum atomic E-state index is -0.373. The first-order valence-corrected chi connectivity index (χ1v) is 9.29. The van der Waals surface area contributed by atoms with Gasteiger partial charge < -0.3 is 9.84 Å². The highest BCUT2D eigenvalue weighted by Gasteiger charge is 2.37. The molecule has 1 aliphatic heterocycles. The van der Waals surface area contributed by atoms with Crippen LogP contribution in [-0.4, -0.2) is 51.1 Å². The van der Waals surface area contributed by atoms with Gasteiger partial charge in [-0.3, -0.25) is 19.1 Å². The van der Waals surface area contributed by atoms with Gasteiger partial charge in [-0.2, -0.15) is 4.98 Å². The predicted molar refractivity (Wildman–Crippen MR) is 99.6 cm³/mol. The number of amides is 2. The van der Waals surface area contributed by atoms with Crippen molar-refractivity contribution < 1.29 is 19.4 Å². The molecule has 7 nitrogen and oxygen atoms in total. The van der Waals surface area contributed by atoms with Crippen molar-refractivity contribution in [2.75, 3.05) is 19.8 Å². The Hall–Kier alpha value is -2.67. The number of rotatable bonds is 7. The van der Waals surface area contributed by atoms with Crippen LogP contribution in [0.3, 0.4) is 0 Å². The van der Waals surface area contributed by atoms with Crippen LogP contribution in [-0.2, 0) is 17.8 Å². The molecule has 0 radical (unpaired) electrons. The lowest BCUT2D eigenvalue weighted by atomic mass is 10.1. The average Bonchev–Trinajstić information content (AvgIpc) is 2.95. The SMILES string of the molecule is CCOc1nc2c(n1Cc1ccccc1)C(=O)N(CCCO)C(=O)C(C)C2. The molecule has 1 N–H and O–H groups in total. The van der Waals surface area contributed by atoms with Gasteiger partial charge in [0.2, 0.25) is 5.91 Å². The molecular weight excluding hydrogens is 346 g/mol. The van der Waals surface area contributed by atoms with Gasteiger partial charge in [-0.15, -0.1) is 0 Å². The summed E-state index contributed by atoms with van der Waals surface area (Å²) >= 11 is 0. The molecule has 0 saturated carbocycles. The highest BCUT2D eigenvalue weighted by Crippen LogP contribution is 2.28. The summed E-state index contributed by atoms with van der Waals surface area (Å²) in [6.07, 6.45) is 0.738. The van der Waals surface area contributed by atoms with Crippen LogP contribution in [0.2, 0.25) is 0 Å². The number of aromatic nitrogens is 2. The molecule has 2 heterocycles. The smallest absolute Gasteiger partial charge is 0.297 e. The highest BCUT2D eigenvalue weighted by molar-refractivity contribution is 6.06. The Morgan fingerprint density at radius 3 is 2.67 bits per heavy atom. The zero-order valence-electron chi connectivity index (χ0n) is 15.7. The van der Waals surface area contributed by atoms with Gasteiger partial charge in [0.15, 0.2) is 0 Å². The molecule has 144 valence electrons. The number of carbonyl (C=O) groups excluding carboxylic acids is 2. The van der Waals surface area contributed by atoms with Crippen molar-refractivity contribution in [3.8, 4) is 6.01 Å². The van der Waals surface area contributed by atoms with E-state index in [9.17, 15) is 9.59 Å². The van der Waals surface area contributed by atoms with E-state index in [1.807, 2.05) is 37.3 Å². The third kappa shape index (κ3) is 3.88. The zero-order chi connectivity index (χ0) is 19.4. The van der Waals surface area contributed by atoms with Crippen LogP contribution in [0.5, 0.6) is 6.01 Å². The van der Waals surface area contributed by atoms with E-state index < -0.39 is 0 Å². The molecule has 3 rings (SSSR count). The number of imide groups is 1. The number of carbonyl (C=O) groups is 2. The third-order valence-electron chi connectivity index (χ3n) is 4.64. The normalized spacial score (nSPS) is 17.0. The lowest BCUT2D eigenvalue weighted by Gasteiger charge is -2.21. The minimum absolute atomic E-state index is 0.0776. The predicted octanol–water partition coefficient (Wildman–Crippen LogP) is 1.87. The van der Waals surface area contributed by atoms with E-state index in [1.165, 1.54) is 4.90 Å². The monoisotopic (exact) mass is 371 g/mol. The Bertz CT molecular complexity index is 816. The van der Waals surface area contributed by atoms with Crippen molar-refractivity contribution in [2.45, 2.75) is 33.2 Å². The van der Waals surface area contributed by atoms with Gasteiger partial charge in [0, 0.05) is 25.5 Å². The van der Waals surface area contributed by atoms with E-state index in [0.29, 0.717) is 43.4 Å². The van der Waals surface area contributed by atoms with Crippen molar-refractivity contribution >= 4 is 11.8 Å². The molecule has 0 saturated heterocycles. The molecule has 0 fully saturated rings. The number of fused-ring (bicyclic) bond motifs is 1. The first-order chi connectivity index (χ1) is 13.1. The minimum Gasteiger partial charge on any atom is -0.465 e. The second-order valence-electron chi connectivity index (χ2n) is 6.67. The fourth-order valence-corrected chi connectivity index (χ4v) is 3.33. The average molecular weight is 371 g/mol. The molecule has 27 heavy (non-hydrogen) atoms. The molecule has 1 aliphatic rings. The topological polar surface area (TPSA) is 84.7 Å². The third-order valence-corrected chi connectivity index (χ3v) is 4.64. The van der Waals surface area contributed by atoms with Gasteiger partial charge in [-0.05, 0) is 18.9 Å². The summed E-state index contributed by atoms with van der Waals surface area (Å²) in [7, 11) is 0. The molecule has 2 amide bonds. The molecule has 1 aromatic heterocycles. The zero-order valence-corrected chi connectivity index (χ0v) is 15.7. The van der Waals surface area contributed by atoms with Crippen LogP contribution in [0.4, 0.5) is 0 Å². The largest absolute Gasteiger partial charge is 0.465 e. The van der Waals surface area contributed by atoms with Crippen molar-refractivity contribution in [1.29, 1.82) is 0 Å². The number of aliphatic hydroxyl groups excluding tert-OH is 1. The van der Waals surface area contributed by atoms with Crippen LogP contribution in [0.25, 0.3) is 0 Å². The fourth-order valence-electron chi connectivity index (χ4n) is 3.33. The lowest BCUT2D eigenvalue weighted by Crippen LogP contribution is -2.40. The number of benzene rings is 1. The molecule has 1 unspecified atom stereocenters. The van der Waals surface area contributed by atoms with Crippen molar-refractivity contribution in [2.24, 2.45) is 5.92 Å². The molecule has 1 atom stereocenters. The van der Waals surface area contributed by atoms with Crippen LogP contribution < -0.4 is 4.74 Å². The Labute approximate surface area is 158 Å². The molecule has 7 heteroatoms. The lowest BCUT2D eigenvalue weighted by molar-refractivity contribution is -0.132. The molecular formula is C20H25N3O4. The van der Waals surface area contributed by atoms with E-state index in [0.717, 1.165) is 5.56 Å². The van der Waals surface area contributed by atoms with Gasteiger partial charge in [0.1, 0.15) is 5.69 Å². The van der Waals surface area contributed by atoms with Crippen molar-refractivity contribution in [1.82, 2.24) is 14.5 Å². The number of nitrogens with zero attached hydrogens (tertiary/aromatic N) is 3. The summed E-state index contributed by atoms with van der Waals surface area (Å²) in [5.74, 6) is -0.957. The first-order valence-electron chi connectivity index (χ1n) is 9.29. The van der Waals surface area contributed by atoms with E-state index in [4.69, 9.17) is 9.84 Å². The Morgan fingerprint density at radius 2 is 2.00 bits per heavy atom. The summed E-state index contributed by atoms with van der Waals surface area (Å²) in [6.45, 7) is 4.65. The van der Waals surface area contributed by atoms with Gasteiger partial charge in [0.25, 0.3) is 11.9 Å². The Morgan fingerprint density at radius 1 is 1.26 bits per heavy atom. The van der Waals surface area contributed by atoms with Gasteiger partial charge in [-0.1, -0.05) is 37.3 Å². The summed E-state index contributed by atoms with van der Waals surface area (Å²) in [5.41, 5.74) is 2.00. The highest BCUT2D eigenvalue weighted by atomic mass is 16.5. The second kappa shape index (κ2) is 8.35. The van der Waals surface area contributed by atoms with Crippen LogP contribution in [0.15, 0.2) is 30.3 Å². The number of ether oxygens (including phenoxy) is 1. The Kier molecular flexibility index (Phi) is 5.91. The molecule has 1 aromatic carbocycles. The van der Waals surface area contributed by atoms with E-state index in [2.05, 4.69) is 4.98 Å². The molecule has 0 aliphatic carbocycles. The van der Waals surface area contributed by atoms with E-state index >= 15 is 0 Å². The maximum absolute atomic E-state index is 13.2. The summed E-state index contributed by atoms with van der Waals surface area (Å²) in [4.78, 5) is 31.7. The second-order valence-corrected chi connectivity index (χ2v) is 6.67. The van der Waals surface area contributed by atoms with Crippen molar-refractivity contribution in [3.63, 3.8) is 0 Å². The maximum atomic E-state index is 13.2. The van der Waals surface area contributed by atoms with E-state index in [1.54, 1.807) is 11.5 Å². The fraction of sp³-hybridized carbons (Fsp3) is 0.450. The maximum Gasteiger partial charge on any atom is 0.297 e. The number of hydrogen-bond donors (Lipinski definition) is 1. The quantitative estimate of drug-likeness (QED) is 0.751. The van der Waals surface area contributed by atoms with Crippen LogP contribution >= 0.6 is 0 Å². The van der Waals surface area contributed by atoms with Crippen LogP contribution in [0.1, 0.15) is 42.0 Å². The summed E-state index contributed by atoms with van der Waals surface area (Å²) in [6, 6.07) is 10.1. The number of aliphatic hydroxyl groups is 1. The van der Waals surface area contributed by atoms with Gasteiger partial charge in [0.05, 0.1) is 18.8 Å². The van der Waals surface area contributed by atoms with E-state index in [-0.39, 0.29) is 30.9 Å². The number of hydrogen-bond acceptors (Lipinski definition) is 5. The van der Waals surface area contributed by atoms with Crippen LogP contribution in [0, 0.1) is 5.92 Å². The Balaban J connectivity index is 2.07. The van der Waals surface area contributed by atoms with Gasteiger partial charge in [-0.25, -0.2) is 0 Å². The molecule has 0 bridgehead atoms. The number of imidazole rings is 1. The first kappa shape index (κ1) is 19.1. The standard InChI is InChI=1S/C20H25N3O4/c1-3-27-20-21-16-12-14(2)18(25)22(10-7-11-24)19(26)17(16)23(20)13-15-8-5-4-6-9-15/h4-6,8-9,14,24H,3,7,10-13H2,1-2H3. The van der Waals surface area contributed by atoms with Crippen molar-refractivity contribution in [3.05, 3.63) is 47.3 Å². The molecule has 2 aromatic rings. The summed E-state index contributed by atoms with van der Waals surface area (Å²) < 4.78 is 7.44.